The number of carbonyl (C=O) groups is 1. The van der Waals surface area contributed by atoms with Crippen LogP contribution in [0.15, 0.2) is 12.1 Å². The van der Waals surface area contributed by atoms with Gasteiger partial charge in [-0.3, -0.25) is 10.1 Å². The number of nitrogens with zero attached hydrogens (tertiary/aromatic N) is 1. The highest BCUT2D eigenvalue weighted by Gasteiger charge is 2.32. The SMILES string of the molecule is Cc1ccc(C2NCC(=O)N2CCC2CCCC(C)C2)s1. The zero-order valence-corrected chi connectivity index (χ0v) is 13.9. The Morgan fingerprint density at radius 3 is 2.95 bits per heavy atom. The van der Waals surface area contributed by atoms with Crippen LogP contribution in [0.3, 0.4) is 0 Å². The fourth-order valence-corrected chi connectivity index (χ4v) is 4.76. The molecule has 0 radical (unpaired) electrons. The molecule has 1 aromatic rings. The predicted octanol–water partition coefficient (Wildman–Crippen LogP) is 3.70. The smallest absolute Gasteiger partial charge is 0.238 e. The molecule has 1 aliphatic heterocycles. The van der Waals surface area contributed by atoms with Gasteiger partial charge in [0.1, 0.15) is 6.17 Å². The Kier molecular flexibility index (Phi) is 4.65. The van der Waals surface area contributed by atoms with Crippen molar-refractivity contribution in [2.24, 2.45) is 11.8 Å². The normalized spacial score (nSPS) is 30.1. The van der Waals surface area contributed by atoms with E-state index in [1.165, 1.54) is 41.9 Å². The number of hydrogen-bond donors (Lipinski definition) is 1. The first-order valence-corrected chi connectivity index (χ1v) is 9.04. The lowest BCUT2D eigenvalue weighted by atomic mass is 9.81. The summed E-state index contributed by atoms with van der Waals surface area (Å²) in [5.41, 5.74) is 0. The second kappa shape index (κ2) is 6.49. The van der Waals surface area contributed by atoms with E-state index in [9.17, 15) is 4.79 Å². The zero-order chi connectivity index (χ0) is 14.8. The molecule has 3 nitrogen and oxygen atoms in total. The third kappa shape index (κ3) is 3.49. The first-order chi connectivity index (χ1) is 10.1. The first-order valence-electron chi connectivity index (χ1n) is 8.22. The molecule has 1 amide bonds. The molecule has 4 heteroatoms. The number of rotatable bonds is 4. The van der Waals surface area contributed by atoms with Crippen molar-refractivity contribution < 1.29 is 4.79 Å². The fourth-order valence-electron chi connectivity index (χ4n) is 3.79. The van der Waals surface area contributed by atoms with Crippen molar-refractivity contribution in [2.75, 3.05) is 13.1 Å². The number of nitrogens with one attached hydrogen (secondary N) is 1. The molecule has 1 saturated carbocycles. The van der Waals surface area contributed by atoms with Crippen LogP contribution in [-0.2, 0) is 4.79 Å². The number of carbonyl (C=O) groups excluding carboxylic acids is 1. The van der Waals surface area contributed by atoms with Crippen LogP contribution in [0.25, 0.3) is 0 Å². The van der Waals surface area contributed by atoms with E-state index in [1.807, 2.05) is 0 Å². The van der Waals surface area contributed by atoms with E-state index in [4.69, 9.17) is 0 Å². The molecule has 1 aromatic heterocycles. The second-order valence-electron chi connectivity index (χ2n) is 6.75. The third-order valence-corrected chi connectivity index (χ3v) is 5.99. The van der Waals surface area contributed by atoms with Gasteiger partial charge in [-0.05, 0) is 43.7 Å². The van der Waals surface area contributed by atoms with Crippen LogP contribution in [0.5, 0.6) is 0 Å². The van der Waals surface area contributed by atoms with Crippen molar-refractivity contribution in [2.45, 2.75) is 52.1 Å². The molecule has 0 bridgehead atoms. The number of amides is 1. The van der Waals surface area contributed by atoms with E-state index >= 15 is 0 Å². The van der Waals surface area contributed by atoms with E-state index in [-0.39, 0.29) is 12.1 Å². The number of aryl methyl sites for hydroxylation is 1. The minimum absolute atomic E-state index is 0.109. The van der Waals surface area contributed by atoms with Gasteiger partial charge >= 0.3 is 0 Å². The van der Waals surface area contributed by atoms with Crippen LogP contribution in [-0.4, -0.2) is 23.9 Å². The summed E-state index contributed by atoms with van der Waals surface area (Å²) < 4.78 is 0. The zero-order valence-electron chi connectivity index (χ0n) is 13.1. The minimum atomic E-state index is 0.109. The molecule has 2 aliphatic rings. The van der Waals surface area contributed by atoms with Crippen LogP contribution in [0, 0.1) is 18.8 Å². The lowest BCUT2D eigenvalue weighted by molar-refractivity contribution is -0.128. The Morgan fingerprint density at radius 2 is 2.24 bits per heavy atom. The molecule has 0 spiro atoms. The van der Waals surface area contributed by atoms with Gasteiger partial charge in [0.25, 0.3) is 0 Å². The van der Waals surface area contributed by atoms with Crippen molar-refractivity contribution in [1.82, 2.24) is 10.2 Å². The fraction of sp³-hybridized carbons (Fsp3) is 0.706. The Bertz CT molecular complexity index is 499. The lowest BCUT2D eigenvalue weighted by Gasteiger charge is -2.30. The Hall–Kier alpha value is -0.870. The molecule has 2 heterocycles. The molecule has 1 N–H and O–H groups in total. The monoisotopic (exact) mass is 306 g/mol. The summed E-state index contributed by atoms with van der Waals surface area (Å²) >= 11 is 1.80. The van der Waals surface area contributed by atoms with Gasteiger partial charge in [0.2, 0.25) is 5.91 Å². The molecular weight excluding hydrogens is 280 g/mol. The Morgan fingerprint density at radius 1 is 1.38 bits per heavy atom. The van der Waals surface area contributed by atoms with Crippen LogP contribution < -0.4 is 5.32 Å². The molecule has 1 aliphatic carbocycles. The average Bonchev–Trinajstić information content (AvgIpc) is 3.03. The maximum absolute atomic E-state index is 12.2. The minimum Gasteiger partial charge on any atom is -0.321 e. The summed E-state index contributed by atoms with van der Waals surface area (Å²) in [6.45, 7) is 5.89. The molecule has 0 aromatic carbocycles. The summed E-state index contributed by atoms with van der Waals surface area (Å²) in [5.74, 6) is 1.94. The first kappa shape index (κ1) is 15.0. The van der Waals surface area contributed by atoms with E-state index in [0.717, 1.165) is 18.4 Å². The van der Waals surface area contributed by atoms with E-state index < -0.39 is 0 Å². The van der Waals surface area contributed by atoms with Crippen LogP contribution in [0.2, 0.25) is 0 Å². The van der Waals surface area contributed by atoms with Crippen LogP contribution >= 0.6 is 11.3 Å². The third-order valence-electron chi connectivity index (χ3n) is 4.93. The molecule has 21 heavy (non-hydrogen) atoms. The number of hydrogen-bond acceptors (Lipinski definition) is 3. The van der Waals surface area contributed by atoms with Gasteiger partial charge in [-0.25, -0.2) is 0 Å². The summed E-state index contributed by atoms with van der Waals surface area (Å²) in [5, 5.41) is 3.37. The van der Waals surface area contributed by atoms with Gasteiger partial charge in [-0.1, -0.05) is 26.2 Å². The van der Waals surface area contributed by atoms with Crippen molar-refractivity contribution in [3.05, 3.63) is 21.9 Å². The Balaban J connectivity index is 1.60. The topological polar surface area (TPSA) is 32.3 Å². The summed E-state index contributed by atoms with van der Waals surface area (Å²) in [7, 11) is 0. The molecule has 3 atom stereocenters. The van der Waals surface area contributed by atoms with E-state index in [1.54, 1.807) is 11.3 Å². The van der Waals surface area contributed by atoms with Crippen molar-refractivity contribution in [1.29, 1.82) is 0 Å². The summed E-state index contributed by atoms with van der Waals surface area (Å²) in [4.78, 5) is 16.8. The molecule has 116 valence electrons. The van der Waals surface area contributed by atoms with Gasteiger partial charge < -0.3 is 4.90 Å². The maximum atomic E-state index is 12.2. The van der Waals surface area contributed by atoms with Gasteiger partial charge in [-0.15, -0.1) is 11.3 Å². The second-order valence-corrected chi connectivity index (χ2v) is 8.06. The molecule has 3 unspecified atom stereocenters. The Labute approximate surface area is 131 Å². The quantitative estimate of drug-likeness (QED) is 0.920. The molecule has 2 fully saturated rings. The van der Waals surface area contributed by atoms with Crippen molar-refractivity contribution in [3.8, 4) is 0 Å². The average molecular weight is 306 g/mol. The van der Waals surface area contributed by atoms with Crippen LogP contribution in [0.4, 0.5) is 0 Å². The number of thiophene rings is 1. The van der Waals surface area contributed by atoms with Gasteiger partial charge in [-0.2, -0.15) is 0 Å². The standard InChI is InChI=1S/C17H26N2OS/c1-12-4-3-5-14(10-12)8-9-19-16(20)11-18-17(19)15-7-6-13(2)21-15/h6-7,12,14,17-18H,3-5,8-11H2,1-2H3. The molecule has 3 rings (SSSR count). The highest BCUT2D eigenvalue weighted by molar-refractivity contribution is 7.12. The largest absolute Gasteiger partial charge is 0.321 e. The van der Waals surface area contributed by atoms with Crippen molar-refractivity contribution >= 4 is 17.2 Å². The maximum Gasteiger partial charge on any atom is 0.238 e. The van der Waals surface area contributed by atoms with Gasteiger partial charge in [0.05, 0.1) is 6.54 Å². The van der Waals surface area contributed by atoms with Gasteiger partial charge in [0.15, 0.2) is 0 Å². The van der Waals surface area contributed by atoms with Crippen molar-refractivity contribution in [3.63, 3.8) is 0 Å². The van der Waals surface area contributed by atoms with Crippen LogP contribution in [0.1, 0.15) is 54.9 Å². The van der Waals surface area contributed by atoms with E-state index in [2.05, 4.69) is 36.2 Å². The molecular formula is C17H26N2OS. The predicted molar refractivity (Wildman–Crippen MR) is 87.3 cm³/mol. The summed E-state index contributed by atoms with van der Waals surface area (Å²) in [6.07, 6.45) is 6.72. The lowest BCUT2D eigenvalue weighted by Crippen LogP contribution is -2.32. The molecule has 1 saturated heterocycles. The highest BCUT2D eigenvalue weighted by atomic mass is 32.1. The summed E-state index contributed by atoms with van der Waals surface area (Å²) in [6, 6.07) is 4.30. The highest BCUT2D eigenvalue weighted by Crippen LogP contribution is 2.33. The van der Waals surface area contributed by atoms with Gasteiger partial charge in [0, 0.05) is 16.3 Å². The van der Waals surface area contributed by atoms with E-state index in [0.29, 0.717) is 6.54 Å².